The van der Waals surface area contributed by atoms with Crippen LogP contribution in [-0.4, -0.2) is 31.6 Å². The van der Waals surface area contributed by atoms with Gasteiger partial charge in [0.25, 0.3) is 5.91 Å². The maximum Gasteiger partial charge on any atom is 0.260 e. The van der Waals surface area contributed by atoms with Crippen molar-refractivity contribution in [1.82, 2.24) is 10.6 Å². The Hall–Kier alpha value is -0.780. The third kappa shape index (κ3) is 7.69. The highest BCUT2D eigenvalue weighted by molar-refractivity contribution is 9.10. The standard InChI is InChI=1S/C15H23BrN2O2.ClH/c1-4-7-17-8-9-18-15(19)12(3)20-14-6-5-11(2)10-13(14)16;/h5-6,10,12,17H,4,7-9H2,1-3H3,(H,18,19);1H. The molecule has 1 atom stereocenters. The monoisotopic (exact) mass is 378 g/mol. The molecule has 0 aliphatic carbocycles. The first-order valence-electron chi connectivity index (χ1n) is 6.95. The van der Waals surface area contributed by atoms with Crippen LogP contribution in [0.3, 0.4) is 0 Å². The molecule has 1 aromatic carbocycles. The largest absolute Gasteiger partial charge is 0.480 e. The SMILES string of the molecule is CCCNCCNC(=O)C(C)Oc1ccc(C)cc1Br.Cl. The molecule has 0 saturated carbocycles. The van der Waals surface area contributed by atoms with Crippen LogP contribution in [0.4, 0.5) is 0 Å². The summed E-state index contributed by atoms with van der Waals surface area (Å²) in [5, 5.41) is 6.08. The second kappa shape index (κ2) is 10.9. The van der Waals surface area contributed by atoms with Crippen LogP contribution in [0, 0.1) is 6.92 Å². The summed E-state index contributed by atoms with van der Waals surface area (Å²) in [6.45, 7) is 8.23. The number of amides is 1. The van der Waals surface area contributed by atoms with Crippen LogP contribution in [0.1, 0.15) is 25.8 Å². The number of benzene rings is 1. The zero-order valence-corrected chi connectivity index (χ0v) is 15.1. The molecule has 0 saturated heterocycles. The average molecular weight is 380 g/mol. The molecule has 1 unspecified atom stereocenters. The summed E-state index contributed by atoms with van der Waals surface area (Å²) < 4.78 is 6.52. The number of hydrogen-bond donors (Lipinski definition) is 2. The van der Waals surface area contributed by atoms with Crippen LogP contribution in [-0.2, 0) is 4.79 Å². The third-order valence-corrected chi connectivity index (χ3v) is 3.41. The lowest BCUT2D eigenvalue weighted by molar-refractivity contribution is -0.127. The van der Waals surface area contributed by atoms with Crippen LogP contribution < -0.4 is 15.4 Å². The number of aryl methyl sites for hydroxylation is 1. The number of halogens is 2. The number of hydrogen-bond acceptors (Lipinski definition) is 3. The van der Waals surface area contributed by atoms with Gasteiger partial charge in [0.1, 0.15) is 5.75 Å². The minimum absolute atomic E-state index is 0. The summed E-state index contributed by atoms with van der Waals surface area (Å²) in [6.07, 6.45) is 0.578. The average Bonchev–Trinajstić information content (AvgIpc) is 2.41. The van der Waals surface area contributed by atoms with E-state index in [-0.39, 0.29) is 18.3 Å². The molecule has 0 heterocycles. The van der Waals surface area contributed by atoms with E-state index in [1.165, 1.54) is 0 Å². The molecule has 2 N–H and O–H groups in total. The van der Waals surface area contributed by atoms with Crippen LogP contribution in [0.25, 0.3) is 0 Å². The van der Waals surface area contributed by atoms with Gasteiger partial charge >= 0.3 is 0 Å². The topological polar surface area (TPSA) is 50.4 Å². The third-order valence-electron chi connectivity index (χ3n) is 2.79. The van der Waals surface area contributed by atoms with Crippen molar-refractivity contribution in [2.24, 2.45) is 0 Å². The van der Waals surface area contributed by atoms with Gasteiger partial charge in [-0.3, -0.25) is 4.79 Å². The lowest BCUT2D eigenvalue weighted by Crippen LogP contribution is -2.39. The van der Waals surface area contributed by atoms with E-state index in [0.717, 1.165) is 29.5 Å². The van der Waals surface area contributed by atoms with Crippen molar-refractivity contribution in [2.45, 2.75) is 33.3 Å². The van der Waals surface area contributed by atoms with Crippen LogP contribution in [0.2, 0.25) is 0 Å². The molecule has 4 nitrogen and oxygen atoms in total. The number of carbonyl (C=O) groups excluding carboxylic acids is 1. The van der Waals surface area contributed by atoms with E-state index in [0.29, 0.717) is 12.3 Å². The highest BCUT2D eigenvalue weighted by Gasteiger charge is 2.15. The summed E-state index contributed by atoms with van der Waals surface area (Å²) in [6, 6.07) is 5.79. The molecule has 6 heteroatoms. The summed E-state index contributed by atoms with van der Waals surface area (Å²) in [7, 11) is 0. The predicted molar refractivity (Wildman–Crippen MR) is 92.4 cm³/mol. The van der Waals surface area contributed by atoms with Crippen molar-refractivity contribution >= 4 is 34.2 Å². The lowest BCUT2D eigenvalue weighted by Gasteiger charge is -2.16. The fraction of sp³-hybridized carbons (Fsp3) is 0.533. The smallest absolute Gasteiger partial charge is 0.260 e. The fourth-order valence-corrected chi connectivity index (χ4v) is 2.25. The van der Waals surface area contributed by atoms with Crippen molar-refractivity contribution < 1.29 is 9.53 Å². The fourth-order valence-electron chi connectivity index (χ4n) is 1.67. The van der Waals surface area contributed by atoms with Gasteiger partial charge in [0, 0.05) is 13.1 Å². The predicted octanol–water partition coefficient (Wildman–Crippen LogP) is 3.06. The van der Waals surface area contributed by atoms with Gasteiger partial charge in [0.2, 0.25) is 0 Å². The van der Waals surface area contributed by atoms with Gasteiger partial charge in [0.15, 0.2) is 6.10 Å². The van der Waals surface area contributed by atoms with E-state index in [4.69, 9.17) is 4.74 Å². The molecule has 120 valence electrons. The summed E-state index contributed by atoms with van der Waals surface area (Å²) in [4.78, 5) is 11.9. The Morgan fingerprint density at radius 3 is 2.67 bits per heavy atom. The van der Waals surface area contributed by atoms with Gasteiger partial charge in [-0.05, 0) is 60.4 Å². The van der Waals surface area contributed by atoms with Crippen molar-refractivity contribution in [3.05, 3.63) is 28.2 Å². The number of carbonyl (C=O) groups is 1. The van der Waals surface area contributed by atoms with Gasteiger partial charge in [-0.25, -0.2) is 0 Å². The Morgan fingerprint density at radius 1 is 1.33 bits per heavy atom. The van der Waals surface area contributed by atoms with Crippen LogP contribution >= 0.6 is 28.3 Å². The zero-order valence-electron chi connectivity index (χ0n) is 12.7. The van der Waals surface area contributed by atoms with Gasteiger partial charge < -0.3 is 15.4 Å². The summed E-state index contributed by atoms with van der Waals surface area (Å²) in [5.74, 6) is 0.582. The normalized spacial score (nSPS) is 11.4. The van der Waals surface area contributed by atoms with E-state index in [1.807, 2.05) is 25.1 Å². The molecule has 1 rings (SSSR count). The molecule has 0 aliphatic heterocycles. The van der Waals surface area contributed by atoms with Crippen LogP contribution in [0.5, 0.6) is 5.75 Å². The summed E-state index contributed by atoms with van der Waals surface area (Å²) in [5.41, 5.74) is 1.14. The Balaban J connectivity index is 0.00000400. The molecule has 0 aliphatic rings. The van der Waals surface area contributed by atoms with E-state index in [1.54, 1.807) is 6.92 Å². The van der Waals surface area contributed by atoms with Crippen molar-refractivity contribution in [3.63, 3.8) is 0 Å². The van der Waals surface area contributed by atoms with E-state index >= 15 is 0 Å². The Bertz CT molecular complexity index is 444. The number of ether oxygens (including phenoxy) is 1. The lowest BCUT2D eigenvalue weighted by atomic mass is 10.2. The van der Waals surface area contributed by atoms with Crippen LogP contribution in [0.15, 0.2) is 22.7 Å². The first kappa shape index (κ1) is 20.2. The maximum atomic E-state index is 11.9. The van der Waals surface area contributed by atoms with Gasteiger partial charge in [-0.2, -0.15) is 0 Å². The molecular formula is C15H24BrClN2O2. The molecule has 0 bridgehead atoms. The first-order chi connectivity index (χ1) is 9.54. The molecule has 1 aromatic rings. The van der Waals surface area contributed by atoms with Gasteiger partial charge in [0.05, 0.1) is 4.47 Å². The molecule has 0 aromatic heterocycles. The van der Waals surface area contributed by atoms with Crippen molar-refractivity contribution in [2.75, 3.05) is 19.6 Å². The van der Waals surface area contributed by atoms with E-state index < -0.39 is 6.10 Å². The molecule has 1 amide bonds. The zero-order chi connectivity index (χ0) is 15.0. The minimum atomic E-state index is -0.514. The molecule has 0 fully saturated rings. The minimum Gasteiger partial charge on any atom is -0.480 e. The Labute approximate surface area is 141 Å². The highest BCUT2D eigenvalue weighted by atomic mass is 79.9. The Kier molecular flexibility index (Phi) is 10.5. The Morgan fingerprint density at radius 2 is 2.05 bits per heavy atom. The second-order valence-electron chi connectivity index (χ2n) is 4.73. The maximum absolute atomic E-state index is 11.9. The molecule has 21 heavy (non-hydrogen) atoms. The van der Waals surface area contributed by atoms with Gasteiger partial charge in [-0.1, -0.05) is 13.0 Å². The number of nitrogens with one attached hydrogen (secondary N) is 2. The summed E-state index contributed by atoms with van der Waals surface area (Å²) >= 11 is 3.44. The number of rotatable bonds is 8. The van der Waals surface area contributed by atoms with E-state index in [2.05, 4.69) is 33.5 Å². The van der Waals surface area contributed by atoms with Crippen molar-refractivity contribution in [1.29, 1.82) is 0 Å². The highest BCUT2D eigenvalue weighted by Crippen LogP contribution is 2.26. The second-order valence-corrected chi connectivity index (χ2v) is 5.59. The van der Waals surface area contributed by atoms with Gasteiger partial charge in [-0.15, -0.1) is 12.4 Å². The van der Waals surface area contributed by atoms with Crippen molar-refractivity contribution in [3.8, 4) is 5.75 Å². The molecule has 0 spiro atoms. The van der Waals surface area contributed by atoms with E-state index in [9.17, 15) is 4.79 Å². The first-order valence-corrected chi connectivity index (χ1v) is 7.75. The molecular weight excluding hydrogens is 356 g/mol. The molecule has 0 radical (unpaired) electrons. The quantitative estimate of drug-likeness (QED) is 0.683.